The summed E-state index contributed by atoms with van der Waals surface area (Å²) in [7, 11) is 1.76. The minimum absolute atomic E-state index is 0. The molecule has 0 aliphatic heterocycles. The third kappa shape index (κ3) is 7.92. The molecule has 108 valence electrons. The number of halogens is 1. The monoisotopic (exact) mass is 377 g/mol. The number of nitrogens with one attached hydrogen (secondary N) is 2. The summed E-state index contributed by atoms with van der Waals surface area (Å²) < 4.78 is 5.62. The van der Waals surface area contributed by atoms with Crippen molar-refractivity contribution in [3.05, 3.63) is 29.8 Å². The molecular weight excluding hydrogens is 353 g/mol. The van der Waals surface area contributed by atoms with Gasteiger partial charge in [-0.3, -0.25) is 4.99 Å². The van der Waals surface area contributed by atoms with Crippen molar-refractivity contribution in [1.82, 2.24) is 10.6 Å². The van der Waals surface area contributed by atoms with E-state index in [1.54, 1.807) is 7.05 Å². The van der Waals surface area contributed by atoms with Crippen molar-refractivity contribution in [2.45, 2.75) is 26.8 Å². The van der Waals surface area contributed by atoms with E-state index in [0.717, 1.165) is 18.3 Å². The molecular formula is C14H24IN3O. The van der Waals surface area contributed by atoms with E-state index in [0.29, 0.717) is 12.6 Å². The first-order chi connectivity index (χ1) is 8.61. The Balaban J connectivity index is 0.00000324. The molecule has 0 aliphatic rings. The van der Waals surface area contributed by atoms with Gasteiger partial charge in [0.05, 0.1) is 6.54 Å². The van der Waals surface area contributed by atoms with Crippen LogP contribution in [0.4, 0.5) is 0 Å². The number of hydrogen-bond acceptors (Lipinski definition) is 2. The van der Waals surface area contributed by atoms with Gasteiger partial charge in [0.15, 0.2) is 5.96 Å². The first-order valence-corrected chi connectivity index (χ1v) is 6.28. The van der Waals surface area contributed by atoms with Crippen LogP contribution in [-0.4, -0.2) is 32.2 Å². The van der Waals surface area contributed by atoms with Crippen molar-refractivity contribution in [3.8, 4) is 5.75 Å². The van der Waals surface area contributed by atoms with E-state index in [4.69, 9.17) is 4.74 Å². The number of rotatable bonds is 5. The molecule has 2 N–H and O–H groups in total. The summed E-state index contributed by atoms with van der Waals surface area (Å²) in [4.78, 5) is 4.12. The molecule has 0 aromatic heterocycles. The van der Waals surface area contributed by atoms with E-state index in [1.807, 2.05) is 24.3 Å². The van der Waals surface area contributed by atoms with E-state index in [2.05, 4.69) is 36.4 Å². The van der Waals surface area contributed by atoms with Crippen LogP contribution in [0.15, 0.2) is 29.3 Å². The molecule has 1 aromatic rings. The Hall–Kier alpha value is -0.980. The maximum Gasteiger partial charge on any atom is 0.191 e. The fourth-order valence-electron chi connectivity index (χ4n) is 1.44. The summed E-state index contributed by atoms with van der Waals surface area (Å²) in [5, 5.41) is 6.42. The minimum Gasteiger partial charge on any atom is -0.492 e. The molecule has 0 bridgehead atoms. The van der Waals surface area contributed by atoms with Crippen molar-refractivity contribution in [2.24, 2.45) is 4.99 Å². The van der Waals surface area contributed by atoms with E-state index < -0.39 is 0 Å². The van der Waals surface area contributed by atoms with Gasteiger partial charge in [-0.05, 0) is 32.9 Å². The van der Waals surface area contributed by atoms with Gasteiger partial charge in [-0.1, -0.05) is 17.7 Å². The molecule has 0 radical (unpaired) electrons. The second-order valence-electron chi connectivity index (χ2n) is 4.46. The summed E-state index contributed by atoms with van der Waals surface area (Å²) in [6.45, 7) is 7.56. The molecule has 0 atom stereocenters. The zero-order valence-electron chi connectivity index (χ0n) is 12.1. The molecule has 5 heteroatoms. The van der Waals surface area contributed by atoms with Crippen LogP contribution < -0.4 is 15.4 Å². The van der Waals surface area contributed by atoms with Gasteiger partial charge in [-0.15, -0.1) is 24.0 Å². The number of aliphatic imine (C=N–C) groups is 1. The molecule has 0 saturated carbocycles. The zero-order chi connectivity index (χ0) is 13.4. The van der Waals surface area contributed by atoms with Crippen LogP contribution in [-0.2, 0) is 0 Å². The van der Waals surface area contributed by atoms with Gasteiger partial charge in [-0.2, -0.15) is 0 Å². The first kappa shape index (κ1) is 18.0. The molecule has 1 aromatic carbocycles. The molecule has 0 saturated heterocycles. The SMILES string of the molecule is CN=C(NCCOc1ccc(C)cc1)NC(C)C.I. The third-order valence-electron chi connectivity index (χ3n) is 2.33. The molecule has 0 heterocycles. The van der Waals surface area contributed by atoms with Crippen molar-refractivity contribution in [2.75, 3.05) is 20.2 Å². The first-order valence-electron chi connectivity index (χ1n) is 6.28. The third-order valence-corrected chi connectivity index (χ3v) is 2.33. The normalized spacial score (nSPS) is 10.9. The van der Waals surface area contributed by atoms with E-state index >= 15 is 0 Å². The van der Waals surface area contributed by atoms with E-state index in [9.17, 15) is 0 Å². The Labute approximate surface area is 133 Å². The Morgan fingerprint density at radius 2 is 1.89 bits per heavy atom. The summed E-state index contributed by atoms with van der Waals surface area (Å²) in [6.07, 6.45) is 0. The van der Waals surface area contributed by atoms with Crippen molar-refractivity contribution in [3.63, 3.8) is 0 Å². The standard InChI is InChI=1S/C14H23N3O.HI/c1-11(2)17-14(15-4)16-9-10-18-13-7-5-12(3)6-8-13;/h5-8,11H,9-10H2,1-4H3,(H2,15,16,17);1H. The highest BCUT2D eigenvalue weighted by Gasteiger charge is 1.99. The maximum absolute atomic E-state index is 5.62. The number of guanidine groups is 1. The molecule has 0 fully saturated rings. The van der Waals surface area contributed by atoms with Crippen LogP contribution >= 0.6 is 24.0 Å². The largest absolute Gasteiger partial charge is 0.492 e. The smallest absolute Gasteiger partial charge is 0.191 e. The van der Waals surface area contributed by atoms with Crippen LogP contribution in [0.5, 0.6) is 5.75 Å². The molecule has 4 nitrogen and oxygen atoms in total. The van der Waals surface area contributed by atoms with Gasteiger partial charge >= 0.3 is 0 Å². The van der Waals surface area contributed by atoms with Gasteiger partial charge in [0, 0.05) is 13.1 Å². The van der Waals surface area contributed by atoms with E-state index in [-0.39, 0.29) is 24.0 Å². The maximum atomic E-state index is 5.62. The predicted octanol–water partition coefficient (Wildman–Crippen LogP) is 2.57. The molecule has 1 rings (SSSR count). The fourth-order valence-corrected chi connectivity index (χ4v) is 1.44. The van der Waals surface area contributed by atoms with Crippen molar-refractivity contribution < 1.29 is 4.74 Å². The van der Waals surface area contributed by atoms with Crippen LogP contribution in [0.3, 0.4) is 0 Å². The zero-order valence-corrected chi connectivity index (χ0v) is 14.4. The highest BCUT2D eigenvalue weighted by atomic mass is 127. The number of benzene rings is 1. The lowest BCUT2D eigenvalue weighted by Gasteiger charge is -2.14. The average molecular weight is 377 g/mol. The van der Waals surface area contributed by atoms with Gasteiger partial charge < -0.3 is 15.4 Å². The number of hydrogen-bond donors (Lipinski definition) is 2. The topological polar surface area (TPSA) is 45.7 Å². The van der Waals surface area contributed by atoms with Crippen molar-refractivity contribution in [1.29, 1.82) is 0 Å². The summed E-state index contributed by atoms with van der Waals surface area (Å²) >= 11 is 0. The second kappa shape index (κ2) is 9.89. The quantitative estimate of drug-likeness (QED) is 0.359. The molecule has 0 aliphatic carbocycles. The van der Waals surface area contributed by atoms with Gasteiger partial charge in [-0.25, -0.2) is 0 Å². The highest BCUT2D eigenvalue weighted by molar-refractivity contribution is 14.0. The molecule has 0 unspecified atom stereocenters. The average Bonchev–Trinajstić information content (AvgIpc) is 2.34. The Bertz CT molecular complexity index is 377. The second-order valence-corrected chi connectivity index (χ2v) is 4.46. The van der Waals surface area contributed by atoms with Gasteiger partial charge in [0.2, 0.25) is 0 Å². The van der Waals surface area contributed by atoms with E-state index in [1.165, 1.54) is 5.56 Å². The van der Waals surface area contributed by atoms with Crippen molar-refractivity contribution >= 4 is 29.9 Å². The van der Waals surface area contributed by atoms with Crippen LogP contribution in [0, 0.1) is 6.92 Å². The lowest BCUT2D eigenvalue weighted by molar-refractivity contribution is 0.321. The summed E-state index contributed by atoms with van der Waals surface area (Å²) in [5.74, 6) is 1.70. The lowest BCUT2D eigenvalue weighted by Crippen LogP contribution is -2.42. The molecule has 0 amide bonds. The van der Waals surface area contributed by atoms with Crippen LogP contribution in [0.1, 0.15) is 19.4 Å². The number of aryl methyl sites for hydroxylation is 1. The lowest BCUT2D eigenvalue weighted by atomic mass is 10.2. The van der Waals surface area contributed by atoms with Gasteiger partial charge in [0.1, 0.15) is 12.4 Å². The Kier molecular flexibility index (Phi) is 9.38. The van der Waals surface area contributed by atoms with Crippen LogP contribution in [0.2, 0.25) is 0 Å². The number of nitrogens with zero attached hydrogens (tertiary/aromatic N) is 1. The summed E-state index contributed by atoms with van der Waals surface area (Å²) in [6, 6.07) is 8.42. The van der Waals surface area contributed by atoms with Crippen LogP contribution in [0.25, 0.3) is 0 Å². The predicted molar refractivity (Wildman–Crippen MR) is 91.7 cm³/mol. The van der Waals surface area contributed by atoms with Gasteiger partial charge in [0.25, 0.3) is 0 Å². The Morgan fingerprint density at radius 1 is 1.26 bits per heavy atom. The minimum atomic E-state index is 0. The highest BCUT2D eigenvalue weighted by Crippen LogP contribution is 2.10. The Morgan fingerprint density at radius 3 is 2.42 bits per heavy atom. The molecule has 0 spiro atoms. The summed E-state index contributed by atoms with van der Waals surface area (Å²) in [5.41, 5.74) is 1.24. The molecule has 19 heavy (non-hydrogen) atoms. The number of ether oxygens (including phenoxy) is 1. The fraction of sp³-hybridized carbons (Fsp3) is 0.500.